The molecule has 6 saturated heterocycles. The van der Waals surface area contributed by atoms with E-state index in [0.29, 0.717) is 11.4 Å². The maximum absolute atomic E-state index is 11.5. The molecule has 6 fully saturated rings. The summed E-state index contributed by atoms with van der Waals surface area (Å²) in [7, 11) is -2.33. The molecule has 4 aromatic carbocycles. The van der Waals surface area contributed by atoms with Gasteiger partial charge in [-0.25, -0.2) is 4.68 Å². The minimum Gasteiger partial charge on any atom is -0.487 e. The van der Waals surface area contributed by atoms with Gasteiger partial charge in [0.2, 0.25) is 0 Å². The molecule has 0 amide bonds. The Kier molecular flexibility index (Phi) is 26.3. The third kappa shape index (κ3) is 16.2. The lowest BCUT2D eigenvalue weighted by atomic mass is 9.95. The molecular weight excluding hydrogens is 1370 g/mol. The first-order valence-electron chi connectivity index (χ1n) is 32.7. The van der Waals surface area contributed by atoms with Crippen molar-refractivity contribution in [2.24, 2.45) is 0 Å². The number of hydrogen-bond acceptors (Lipinski definition) is 34. The molecule has 7 heterocycles. The van der Waals surface area contributed by atoms with Gasteiger partial charge in [0.1, 0.15) is 193 Å². The van der Waals surface area contributed by atoms with Crippen LogP contribution in [0.4, 0.5) is 0 Å². The van der Waals surface area contributed by atoms with Crippen molar-refractivity contribution in [3.8, 4) is 5.75 Å². The van der Waals surface area contributed by atoms with Crippen molar-refractivity contribution in [3.05, 3.63) is 127 Å². The fourth-order valence-electron chi connectivity index (χ4n) is 13.2. The predicted octanol–water partition coefficient (Wildman–Crippen LogP) is -9.59. The summed E-state index contributed by atoms with van der Waals surface area (Å²) in [6, 6.07) is 39.4. The molecule has 558 valence electrons. The first kappa shape index (κ1) is 77.1. The Bertz CT molecular complexity index is 3210. The number of benzene rings is 4. The Morgan fingerprint density at radius 2 is 0.634 bits per heavy atom. The highest BCUT2D eigenvalue weighted by atomic mass is 31.2. The van der Waals surface area contributed by atoms with Gasteiger partial charge < -0.3 is 159 Å². The number of hydrogen-bond donors (Lipinski definition) is 19. The average Bonchev–Trinajstić information content (AvgIpc) is 0.865. The second-order valence-corrected chi connectivity index (χ2v) is 28.4. The van der Waals surface area contributed by atoms with E-state index in [-0.39, 0.29) is 19.8 Å². The summed E-state index contributed by atoms with van der Waals surface area (Å²) in [4.78, 5) is 0. The molecule has 11 rings (SSSR count). The average molecular weight is 1450 g/mol. The molecule has 19 N–H and O–H groups in total. The zero-order valence-corrected chi connectivity index (χ0v) is 54.7. The zero-order valence-electron chi connectivity index (χ0n) is 53.8. The maximum atomic E-state index is 11.5. The van der Waals surface area contributed by atoms with Gasteiger partial charge in [0.25, 0.3) is 0 Å². The zero-order chi connectivity index (χ0) is 72.0. The molecule has 1 aromatic heterocycles. The Hall–Kier alpha value is -4.99. The van der Waals surface area contributed by atoms with Crippen LogP contribution in [-0.4, -0.2) is 343 Å². The van der Waals surface area contributed by atoms with E-state index in [1.807, 2.05) is 30.3 Å². The number of nitrogens with zero attached hydrogens (tertiary/aromatic N) is 3. The van der Waals surface area contributed by atoms with Crippen LogP contribution in [0.3, 0.4) is 0 Å². The summed E-state index contributed by atoms with van der Waals surface area (Å²) in [5, 5.41) is 219. The Morgan fingerprint density at radius 1 is 0.337 bits per heavy atom. The molecule has 36 heteroatoms. The van der Waals surface area contributed by atoms with Crippen LogP contribution >= 0.6 is 7.26 Å². The SMILES string of the molecule is OC[C@H]1O[C@H](O[C@H]2[C@H](O)[C@@H](O)[C@@H](O[C@H]3[C@H](O)[C@@H](O)[C@@H](O[C@H]4[C@H](O)[C@@H](O)[C@@H](O[C@H]5[C@H](O)[C@@H](O)[C@@H](O[C@H]6[C@H](O)[C@@H](O)[C@H](OCCn7cc(COc8ccc([P+](c9ccccc9)(c9ccccc9)c9ccccc9)cc8)nn7)O[C@@H]6CO)O[C@@H]5CO)O[C@@H]4CO)O[C@@H]3CO)O[C@@H]2CO)[C@H](O)[C@@H](O)[C@@H]1O. The fourth-order valence-corrected chi connectivity index (χ4v) is 17.4. The lowest BCUT2D eigenvalue weighted by molar-refractivity contribution is -0.396. The van der Waals surface area contributed by atoms with Crippen LogP contribution in [0.1, 0.15) is 5.69 Å². The maximum Gasteiger partial charge on any atom is 0.187 e. The lowest BCUT2D eigenvalue weighted by Crippen LogP contribution is -2.68. The van der Waals surface area contributed by atoms with Crippen LogP contribution in [-0.2, 0) is 70.0 Å². The van der Waals surface area contributed by atoms with Crippen molar-refractivity contribution < 1.29 is 159 Å². The first-order chi connectivity index (χ1) is 48.7. The number of aromatic nitrogens is 3. The van der Waals surface area contributed by atoms with Gasteiger partial charge in [-0.1, -0.05) is 59.8 Å². The highest BCUT2D eigenvalue weighted by Gasteiger charge is 2.58. The van der Waals surface area contributed by atoms with Crippen molar-refractivity contribution >= 4 is 28.5 Å². The number of ether oxygens (including phenoxy) is 13. The van der Waals surface area contributed by atoms with Crippen LogP contribution in [0.15, 0.2) is 121 Å². The quantitative estimate of drug-likeness (QED) is 0.0217. The van der Waals surface area contributed by atoms with Crippen molar-refractivity contribution in [1.29, 1.82) is 0 Å². The van der Waals surface area contributed by atoms with E-state index in [0.717, 1.165) is 5.30 Å². The lowest BCUT2D eigenvalue weighted by Gasteiger charge is -2.50. The molecule has 0 unspecified atom stereocenters. The van der Waals surface area contributed by atoms with Gasteiger partial charge in [-0.15, -0.1) is 5.10 Å². The topological polar surface area (TPSA) is 535 Å². The highest BCUT2D eigenvalue weighted by Crippen LogP contribution is 2.54. The Labute approximate surface area is 576 Å². The smallest absolute Gasteiger partial charge is 0.187 e. The van der Waals surface area contributed by atoms with Gasteiger partial charge in [-0.05, 0) is 60.7 Å². The molecule has 6 aliphatic heterocycles. The molecule has 0 spiro atoms. The minimum absolute atomic E-state index is 0.0673. The molecule has 0 bridgehead atoms. The summed E-state index contributed by atoms with van der Waals surface area (Å²) in [5.74, 6) is 0.599. The molecule has 35 nitrogen and oxygen atoms in total. The van der Waals surface area contributed by atoms with Crippen LogP contribution in [0.25, 0.3) is 0 Å². The van der Waals surface area contributed by atoms with Gasteiger partial charge >= 0.3 is 0 Å². The molecule has 5 aromatic rings. The monoisotopic (exact) mass is 1450 g/mol. The third-order valence-corrected chi connectivity index (χ3v) is 22.9. The summed E-state index contributed by atoms with van der Waals surface area (Å²) in [6.45, 7) is -5.74. The van der Waals surface area contributed by atoms with Gasteiger partial charge in [0.05, 0.1) is 59.0 Å². The number of aliphatic hydroxyl groups is 19. The van der Waals surface area contributed by atoms with Gasteiger partial charge in [-0.2, -0.15) is 0 Å². The summed E-state index contributed by atoms with van der Waals surface area (Å²) in [6.07, 6.45) is -55.0. The Balaban J connectivity index is 0.647. The van der Waals surface area contributed by atoms with Crippen LogP contribution < -0.4 is 26.0 Å². The van der Waals surface area contributed by atoms with Crippen LogP contribution in [0.2, 0.25) is 0 Å². The van der Waals surface area contributed by atoms with Crippen molar-refractivity contribution in [3.63, 3.8) is 0 Å². The van der Waals surface area contributed by atoms with E-state index in [2.05, 4.69) is 95.2 Å². The van der Waals surface area contributed by atoms with Gasteiger partial charge in [0, 0.05) is 0 Å². The molecule has 0 aliphatic carbocycles. The van der Waals surface area contributed by atoms with Crippen LogP contribution in [0, 0.1) is 0 Å². The second kappa shape index (κ2) is 34.5. The van der Waals surface area contributed by atoms with E-state index in [4.69, 9.17) is 61.6 Å². The normalized spacial score (nSPS) is 39.4. The number of rotatable bonds is 27. The van der Waals surface area contributed by atoms with Crippen molar-refractivity contribution in [2.75, 3.05) is 46.2 Å². The molecule has 101 heavy (non-hydrogen) atoms. The van der Waals surface area contributed by atoms with Gasteiger partial charge in [0.15, 0.2) is 37.7 Å². The van der Waals surface area contributed by atoms with Crippen molar-refractivity contribution in [1.82, 2.24) is 15.0 Å². The second-order valence-electron chi connectivity index (χ2n) is 25.0. The van der Waals surface area contributed by atoms with E-state index in [1.165, 1.54) is 20.6 Å². The fraction of sp³-hybridized carbons (Fsp3) is 0.600. The first-order valence-corrected chi connectivity index (χ1v) is 34.5. The third-order valence-electron chi connectivity index (χ3n) is 18.6. The van der Waals surface area contributed by atoms with E-state index >= 15 is 0 Å². The largest absolute Gasteiger partial charge is 0.487 e. The standard InChI is InChI=1S/C65H87N3O32P/c69-23-36-42(75)43(76)49(82)61(90-36)96-56-38(25-71)92-63(51(84)45(56)78)98-58-40(27-73)94-65(53(86)47(58)80)100-59-41(28-74)95-64(54(87)48(59)81)99-57-39(26-72)93-62(52(85)46(57)79)97-55-37(24-70)91-60(50(83)44(55)77)88-21-20-68-22-30(66-67-68)29-89-31-16-18-35(19-17-31)101(32-10-4-1-5-11-32,33-12-6-2-7-13-33)34-14-8-3-9-15-34/h1-19,22,36-65,69-87H,20-21,23-29H2/q+1/t36-,37-,38-,39-,40-,41-,42-,43+,44-,45-,46-,47-,48-,49-,50-,51-,52-,53-,54-,55-,56-,57-,58-,59-,60-,61-,62-,63-,64-,65-/m1/s1. The minimum atomic E-state index is -2.33. The molecule has 0 radical (unpaired) electrons. The summed E-state index contributed by atoms with van der Waals surface area (Å²) >= 11 is 0. The predicted molar refractivity (Wildman–Crippen MR) is 338 cm³/mol. The van der Waals surface area contributed by atoms with E-state index < -0.39 is 231 Å². The number of aliphatic hydroxyl groups excluding tert-OH is 19. The van der Waals surface area contributed by atoms with Crippen molar-refractivity contribution in [2.45, 2.75) is 197 Å². The Morgan fingerprint density at radius 3 is 0.970 bits per heavy atom. The highest BCUT2D eigenvalue weighted by molar-refractivity contribution is 8.01. The van der Waals surface area contributed by atoms with E-state index in [9.17, 15) is 97.0 Å². The molecule has 0 saturated carbocycles. The van der Waals surface area contributed by atoms with Gasteiger partial charge in [-0.3, -0.25) is 0 Å². The summed E-state index contributed by atoms with van der Waals surface area (Å²) in [5.41, 5.74) is 0.485. The van der Waals surface area contributed by atoms with E-state index in [1.54, 1.807) is 6.20 Å². The molecular formula is C65H87N3O32P+. The van der Waals surface area contributed by atoms with Crippen LogP contribution in [0.5, 0.6) is 5.75 Å². The molecule has 30 atom stereocenters. The molecule has 6 aliphatic rings. The summed E-state index contributed by atoms with van der Waals surface area (Å²) < 4.78 is 75.9.